The highest BCUT2D eigenvalue weighted by Crippen LogP contribution is 2.23. The lowest BCUT2D eigenvalue weighted by atomic mass is 10.0. The zero-order valence-corrected chi connectivity index (χ0v) is 22.7. The molecule has 0 aliphatic rings. The molecular formula is C27H58O2Si. The van der Waals surface area contributed by atoms with Crippen LogP contribution in [0.25, 0.3) is 0 Å². The summed E-state index contributed by atoms with van der Waals surface area (Å²) in [6.45, 7) is 12.2. The second kappa shape index (κ2) is 22.3. The van der Waals surface area contributed by atoms with Gasteiger partial charge in [0.05, 0.1) is 0 Å². The van der Waals surface area contributed by atoms with Crippen LogP contribution in [0.3, 0.4) is 0 Å². The molecule has 0 aliphatic carbocycles. The minimum absolute atomic E-state index is 0.354. The van der Waals surface area contributed by atoms with Crippen LogP contribution in [-0.4, -0.2) is 21.3 Å². The van der Waals surface area contributed by atoms with E-state index in [2.05, 4.69) is 34.6 Å². The number of unbranched alkanes of at least 4 members (excludes halogenated alkanes) is 15. The van der Waals surface area contributed by atoms with Crippen molar-refractivity contribution in [2.75, 3.05) is 6.61 Å². The van der Waals surface area contributed by atoms with Gasteiger partial charge >= 0.3 is 8.56 Å². The molecule has 0 aliphatic heterocycles. The Bertz CT molecular complexity index is 331. The Balaban J connectivity index is 3.47. The topological polar surface area (TPSA) is 18.5 Å². The van der Waals surface area contributed by atoms with Crippen molar-refractivity contribution < 1.29 is 8.85 Å². The van der Waals surface area contributed by atoms with Gasteiger partial charge in [-0.1, -0.05) is 130 Å². The highest BCUT2D eigenvalue weighted by Gasteiger charge is 2.35. The molecule has 0 rings (SSSR count). The summed E-state index contributed by atoms with van der Waals surface area (Å²) in [5, 5.41) is 0. The summed E-state index contributed by atoms with van der Waals surface area (Å²) in [7, 11) is -1.95. The molecule has 0 radical (unpaired) electrons. The van der Waals surface area contributed by atoms with Gasteiger partial charge in [-0.25, -0.2) is 0 Å². The SMILES string of the molecule is CCCCCCCCCCCCCCCCCCO[Si](CC)(CC)OC(C)CCC. The lowest BCUT2D eigenvalue weighted by Gasteiger charge is -2.32. The van der Waals surface area contributed by atoms with Crippen LogP contribution in [0.4, 0.5) is 0 Å². The minimum atomic E-state index is -1.95. The molecule has 0 bridgehead atoms. The summed E-state index contributed by atoms with van der Waals surface area (Å²) in [5.74, 6) is 0. The van der Waals surface area contributed by atoms with Crippen molar-refractivity contribution in [1.29, 1.82) is 0 Å². The number of hydrogen-bond donors (Lipinski definition) is 0. The molecule has 1 atom stereocenters. The van der Waals surface area contributed by atoms with Gasteiger partial charge in [0.1, 0.15) is 0 Å². The summed E-state index contributed by atoms with van der Waals surface area (Å²) >= 11 is 0. The summed E-state index contributed by atoms with van der Waals surface area (Å²) < 4.78 is 12.8. The second-order valence-corrected chi connectivity index (χ2v) is 13.2. The van der Waals surface area contributed by atoms with E-state index >= 15 is 0 Å². The number of hydrogen-bond acceptors (Lipinski definition) is 2. The third kappa shape index (κ3) is 17.8. The van der Waals surface area contributed by atoms with E-state index in [1.807, 2.05) is 0 Å². The molecule has 0 spiro atoms. The molecule has 0 heterocycles. The van der Waals surface area contributed by atoms with Crippen LogP contribution in [-0.2, 0) is 8.85 Å². The third-order valence-corrected chi connectivity index (χ3v) is 10.3. The fraction of sp³-hybridized carbons (Fsp3) is 1.00. The Kier molecular flexibility index (Phi) is 22.4. The van der Waals surface area contributed by atoms with Gasteiger partial charge in [0.15, 0.2) is 0 Å². The Morgan fingerprint density at radius 3 is 1.30 bits per heavy atom. The quantitative estimate of drug-likeness (QED) is 0.109. The summed E-state index contributed by atoms with van der Waals surface area (Å²) in [5.41, 5.74) is 0. The first kappa shape index (κ1) is 30.1. The van der Waals surface area contributed by atoms with E-state index in [1.54, 1.807) is 0 Å². The van der Waals surface area contributed by atoms with Gasteiger partial charge in [-0.2, -0.15) is 0 Å². The van der Waals surface area contributed by atoms with E-state index in [9.17, 15) is 0 Å². The zero-order valence-electron chi connectivity index (χ0n) is 21.7. The molecule has 0 aromatic rings. The van der Waals surface area contributed by atoms with E-state index in [-0.39, 0.29) is 0 Å². The Morgan fingerprint density at radius 1 is 0.533 bits per heavy atom. The van der Waals surface area contributed by atoms with Crippen molar-refractivity contribution in [3.8, 4) is 0 Å². The summed E-state index contributed by atoms with van der Waals surface area (Å²) in [6, 6.07) is 2.16. The van der Waals surface area contributed by atoms with Crippen molar-refractivity contribution in [1.82, 2.24) is 0 Å². The molecule has 0 aromatic carbocycles. The van der Waals surface area contributed by atoms with E-state index < -0.39 is 8.56 Å². The first-order chi connectivity index (χ1) is 14.6. The van der Waals surface area contributed by atoms with Crippen LogP contribution in [0.1, 0.15) is 150 Å². The zero-order chi connectivity index (χ0) is 22.3. The standard InChI is InChI=1S/C27H58O2Si/c1-6-10-11-12-13-14-15-16-17-18-19-20-21-22-23-24-26-28-30(8-3,9-4)29-27(5)25-7-2/h27H,6-26H2,1-5H3. The van der Waals surface area contributed by atoms with Crippen molar-refractivity contribution in [2.24, 2.45) is 0 Å². The molecule has 182 valence electrons. The maximum absolute atomic E-state index is 6.42. The van der Waals surface area contributed by atoms with Gasteiger partial charge in [0.25, 0.3) is 0 Å². The van der Waals surface area contributed by atoms with Gasteiger partial charge in [-0.15, -0.1) is 0 Å². The first-order valence-corrected chi connectivity index (χ1v) is 16.2. The predicted octanol–water partition coefficient (Wildman–Crippen LogP) is 9.95. The summed E-state index contributed by atoms with van der Waals surface area (Å²) in [4.78, 5) is 0. The van der Waals surface area contributed by atoms with Gasteiger partial charge < -0.3 is 8.85 Å². The average molecular weight is 443 g/mol. The normalized spacial score (nSPS) is 13.1. The highest BCUT2D eigenvalue weighted by molar-refractivity contribution is 6.67. The van der Waals surface area contributed by atoms with Crippen molar-refractivity contribution in [3.63, 3.8) is 0 Å². The predicted molar refractivity (Wildman–Crippen MR) is 138 cm³/mol. The van der Waals surface area contributed by atoms with E-state index in [0.29, 0.717) is 6.10 Å². The highest BCUT2D eigenvalue weighted by atomic mass is 28.4. The van der Waals surface area contributed by atoms with E-state index in [0.717, 1.165) is 25.1 Å². The van der Waals surface area contributed by atoms with Crippen LogP contribution in [0, 0.1) is 0 Å². The summed E-state index contributed by atoms with van der Waals surface area (Å²) in [6.07, 6.45) is 25.4. The molecule has 30 heavy (non-hydrogen) atoms. The van der Waals surface area contributed by atoms with E-state index in [4.69, 9.17) is 8.85 Å². The maximum atomic E-state index is 6.42. The van der Waals surface area contributed by atoms with Crippen LogP contribution in [0.15, 0.2) is 0 Å². The van der Waals surface area contributed by atoms with Crippen molar-refractivity contribution >= 4 is 8.56 Å². The molecule has 0 fully saturated rings. The van der Waals surface area contributed by atoms with Crippen molar-refractivity contribution in [2.45, 2.75) is 168 Å². The van der Waals surface area contributed by atoms with Gasteiger partial charge in [0, 0.05) is 12.7 Å². The molecule has 0 saturated heterocycles. The van der Waals surface area contributed by atoms with Crippen LogP contribution >= 0.6 is 0 Å². The first-order valence-electron chi connectivity index (χ1n) is 14.0. The fourth-order valence-electron chi connectivity index (χ4n) is 4.40. The molecule has 2 nitrogen and oxygen atoms in total. The fourth-order valence-corrected chi connectivity index (χ4v) is 7.07. The maximum Gasteiger partial charge on any atom is 0.337 e. The lowest BCUT2D eigenvalue weighted by molar-refractivity contribution is 0.115. The van der Waals surface area contributed by atoms with Gasteiger partial charge in [-0.05, 0) is 31.9 Å². The Hall–Kier alpha value is 0.137. The second-order valence-electron chi connectivity index (χ2n) is 9.49. The van der Waals surface area contributed by atoms with Crippen LogP contribution in [0.5, 0.6) is 0 Å². The molecule has 0 amide bonds. The Labute approximate surface area is 192 Å². The largest absolute Gasteiger partial charge is 0.394 e. The van der Waals surface area contributed by atoms with Crippen LogP contribution < -0.4 is 0 Å². The minimum Gasteiger partial charge on any atom is -0.394 e. The lowest BCUT2D eigenvalue weighted by Crippen LogP contribution is -2.43. The van der Waals surface area contributed by atoms with E-state index in [1.165, 1.54) is 109 Å². The van der Waals surface area contributed by atoms with Crippen LogP contribution in [0.2, 0.25) is 12.1 Å². The molecular weight excluding hydrogens is 384 g/mol. The smallest absolute Gasteiger partial charge is 0.337 e. The molecule has 0 aromatic heterocycles. The van der Waals surface area contributed by atoms with Gasteiger partial charge in [0.2, 0.25) is 0 Å². The molecule has 1 unspecified atom stereocenters. The average Bonchev–Trinajstić information content (AvgIpc) is 2.75. The molecule has 3 heteroatoms. The molecule has 0 saturated carbocycles. The van der Waals surface area contributed by atoms with Crippen molar-refractivity contribution in [3.05, 3.63) is 0 Å². The Morgan fingerprint density at radius 2 is 0.933 bits per heavy atom. The third-order valence-electron chi connectivity index (χ3n) is 6.55. The number of rotatable bonds is 24. The molecule has 0 N–H and O–H groups in total. The van der Waals surface area contributed by atoms with Gasteiger partial charge in [-0.3, -0.25) is 0 Å². The monoisotopic (exact) mass is 442 g/mol.